The van der Waals surface area contributed by atoms with Crippen LogP contribution >= 0.6 is 12.4 Å². The zero-order valence-electron chi connectivity index (χ0n) is 8.03. The summed E-state index contributed by atoms with van der Waals surface area (Å²) >= 11 is 0. The van der Waals surface area contributed by atoms with E-state index in [0.29, 0.717) is 5.58 Å². The van der Waals surface area contributed by atoms with Crippen LogP contribution in [0.25, 0.3) is 11.0 Å². The summed E-state index contributed by atoms with van der Waals surface area (Å²) in [5, 5.41) is 1.00. The Labute approximate surface area is 88.0 Å². The molecule has 1 aromatic carbocycles. The zero-order chi connectivity index (χ0) is 9.42. The molecule has 0 atom stereocenters. The number of rotatable bonds is 0. The summed E-state index contributed by atoms with van der Waals surface area (Å²) in [5.74, 6) is 0. The fourth-order valence-electron chi connectivity index (χ4n) is 1.43. The highest BCUT2D eigenvalue weighted by Gasteiger charge is 2.00. The molecule has 0 N–H and O–H groups in total. The summed E-state index contributed by atoms with van der Waals surface area (Å²) in [6.45, 7) is 3.89. The summed E-state index contributed by atoms with van der Waals surface area (Å²) in [4.78, 5) is 11.0. The molecule has 2 nitrogen and oxygen atoms in total. The van der Waals surface area contributed by atoms with Gasteiger partial charge in [-0.3, -0.25) is 0 Å². The lowest BCUT2D eigenvalue weighted by Gasteiger charge is -2.00. The van der Waals surface area contributed by atoms with Crippen LogP contribution in [-0.4, -0.2) is 0 Å². The van der Waals surface area contributed by atoms with Gasteiger partial charge in [0.2, 0.25) is 0 Å². The quantitative estimate of drug-likeness (QED) is 0.626. The Hall–Kier alpha value is -1.28. The predicted molar refractivity (Wildman–Crippen MR) is 59.2 cm³/mol. The third kappa shape index (κ3) is 1.80. The third-order valence-electron chi connectivity index (χ3n) is 2.11. The lowest BCUT2D eigenvalue weighted by Crippen LogP contribution is -1.97. The van der Waals surface area contributed by atoms with E-state index >= 15 is 0 Å². The van der Waals surface area contributed by atoms with Gasteiger partial charge in [-0.2, -0.15) is 0 Å². The molecule has 0 fully saturated rings. The summed E-state index contributed by atoms with van der Waals surface area (Å²) < 4.78 is 5.07. The van der Waals surface area contributed by atoms with Gasteiger partial charge in [0.1, 0.15) is 5.58 Å². The second kappa shape index (κ2) is 3.84. The van der Waals surface area contributed by atoms with Gasteiger partial charge in [0.25, 0.3) is 0 Å². The van der Waals surface area contributed by atoms with E-state index in [9.17, 15) is 4.79 Å². The first-order chi connectivity index (χ1) is 6.16. The Morgan fingerprint density at radius 2 is 1.86 bits per heavy atom. The van der Waals surface area contributed by atoms with Gasteiger partial charge in [-0.05, 0) is 31.0 Å². The van der Waals surface area contributed by atoms with Crippen LogP contribution in [0.5, 0.6) is 0 Å². The molecule has 0 aliphatic rings. The molecule has 2 aromatic rings. The smallest absolute Gasteiger partial charge is 0.336 e. The van der Waals surface area contributed by atoms with Crippen LogP contribution < -0.4 is 5.63 Å². The number of halogens is 1. The Morgan fingerprint density at radius 1 is 1.14 bits per heavy atom. The van der Waals surface area contributed by atoms with E-state index in [0.717, 1.165) is 16.5 Å². The van der Waals surface area contributed by atoms with Crippen molar-refractivity contribution in [2.75, 3.05) is 0 Å². The molecule has 0 spiro atoms. The van der Waals surface area contributed by atoms with Gasteiger partial charge in [-0.15, -0.1) is 12.4 Å². The monoisotopic (exact) mass is 210 g/mol. The normalized spacial score (nSPS) is 9.86. The molecule has 1 aromatic heterocycles. The van der Waals surface area contributed by atoms with Crippen molar-refractivity contribution in [3.63, 3.8) is 0 Å². The minimum atomic E-state index is -0.282. The summed E-state index contributed by atoms with van der Waals surface area (Å²) in [6, 6.07) is 7.37. The molecule has 0 aliphatic heterocycles. The summed E-state index contributed by atoms with van der Waals surface area (Å²) in [5.41, 5.74) is 2.45. The van der Waals surface area contributed by atoms with Crippen molar-refractivity contribution in [3.05, 3.63) is 45.8 Å². The molecule has 0 saturated heterocycles. The standard InChI is InChI=1S/C11H10O2.ClH/c1-7-3-4-9-8(2)6-11(12)13-10(9)5-7;/h3-6H,1-2H3;1H. The lowest BCUT2D eigenvalue weighted by molar-refractivity contribution is 0.559. The van der Waals surface area contributed by atoms with E-state index in [1.165, 1.54) is 6.07 Å². The molecule has 0 unspecified atom stereocenters. The average Bonchev–Trinajstić information content (AvgIpc) is 2.02. The SMILES string of the molecule is Cc1ccc2c(C)cc(=O)oc2c1.Cl. The molecule has 0 aliphatic carbocycles. The van der Waals surface area contributed by atoms with Crippen LogP contribution in [0, 0.1) is 13.8 Å². The van der Waals surface area contributed by atoms with Crippen LogP contribution in [0.3, 0.4) is 0 Å². The van der Waals surface area contributed by atoms with E-state index in [4.69, 9.17) is 4.42 Å². The van der Waals surface area contributed by atoms with Crippen LogP contribution in [0.15, 0.2) is 33.5 Å². The Morgan fingerprint density at radius 3 is 2.57 bits per heavy atom. The van der Waals surface area contributed by atoms with Gasteiger partial charge in [0.05, 0.1) is 0 Å². The van der Waals surface area contributed by atoms with E-state index < -0.39 is 0 Å². The molecule has 0 bridgehead atoms. The van der Waals surface area contributed by atoms with Crippen LogP contribution in [-0.2, 0) is 0 Å². The number of aryl methyl sites for hydroxylation is 2. The van der Waals surface area contributed by atoms with E-state index in [-0.39, 0.29) is 18.0 Å². The lowest BCUT2D eigenvalue weighted by atomic mass is 10.1. The molecular formula is C11H11ClO2. The van der Waals surface area contributed by atoms with Crippen molar-refractivity contribution in [3.8, 4) is 0 Å². The van der Waals surface area contributed by atoms with Crippen LogP contribution in [0.4, 0.5) is 0 Å². The third-order valence-corrected chi connectivity index (χ3v) is 2.11. The second-order valence-corrected chi connectivity index (χ2v) is 3.25. The van der Waals surface area contributed by atoms with E-state index in [1.54, 1.807) is 0 Å². The van der Waals surface area contributed by atoms with Crippen molar-refractivity contribution in [1.29, 1.82) is 0 Å². The molecule has 74 valence electrons. The minimum absolute atomic E-state index is 0. The molecule has 0 radical (unpaired) electrons. The van der Waals surface area contributed by atoms with Crippen LogP contribution in [0.1, 0.15) is 11.1 Å². The Balaban J connectivity index is 0.000000980. The van der Waals surface area contributed by atoms with Gasteiger partial charge in [0, 0.05) is 11.5 Å². The first kappa shape index (κ1) is 10.8. The molecule has 1 heterocycles. The minimum Gasteiger partial charge on any atom is -0.423 e. The largest absolute Gasteiger partial charge is 0.423 e. The molecular weight excluding hydrogens is 200 g/mol. The first-order valence-electron chi connectivity index (χ1n) is 4.18. The molecule has 3 heteroatoms. The Kier molecular flexibility index (Phi) is 2.96. The highest BCUT2D eigenvalue weighted by atomic mass is 35.5. The van der Waals surface area contributed by atoms with Gasteiger partial charge in [-0.1, -0.05) is 12.1 Å². The van der Waals surface area contributed by atoms with Crippen molar-refractivity contribution in [2.24, 2.45) is 0 Å². The van der Waals surface area contributed by atoms with Crippen molar-refractivity contribution in [1.82, 2.24) is 0 Å². The number of hydrogen-bond donors (Lipinski definition) is 0. The van der Waals surface area contributed by atoms with Crippen LogP contribution in [0.2, 0.25) is 0 Å². The Bertz CT molecular complexity index is 514. The van der Waals surface area contributed by atoms with Gasteiger partial charge >= 0.3 is 5.63 Å². The summed E-state index contributed by atoms with van der Waals surface area (Å²) in [7, 11) is 0. The molecule has 2 rings (SSSR count). The fourth-order valence-corrected chi connectivity index (χ4v) is 1.43. The van der Waals surface area contributed by atoms with Crippen molar-refractivity contribution in [2.45, 2.75) is 13.8 Å². The van der Waals surface area contributed by atoms with Gasteiger partial charge in [-0.25, -0.2) is 4.79 Å². The number of hydrogen-bond acceptors (Lipinski definition) is 2. The van der Waals surface area contributed by atoms with E-state index in [2.05, 4.69) is 0 Å². The average molecular weight is 211 g/mol. The zero-order valence-corrected chi connectivity index (χ0v) is 8.85. The topological polar surface area (TPSA) is 30.2 Å². The van der Waals surface area contributed by atoms with Crippen molar-refractivity contribution >= 4 is 23.4 Å². The number of fused-ring (bicyclic) bond motifs is 1. The van der Waals surface area contributed by atoms with Gasteiger partial charge < -0.3 is 4.42 Å². The van der Waals surface area contributed by atoms with E-state index in [1.807, 2.05) is 32.0 Å². The van der Waals surface area contributed by atoms with Crippen molar-refractivity contribution < 1.29 is 4.42 Å². The maximum Gasteiger partial charge on any atom is 0.336 e. The highest BCUT2D eigenvalue weighted by molar-refractivity contribution is 5.85. The fraction of sp³-hybridized carbons (Fsp3) is 0.182. The molecule has 0 amide bonds. The maximum atomic E-state index is 11.0. The number of benzene rings is 1. The predicted octanol–water partition coefficient (Wildman–Crippen LogP) is 2.83. The first-order valence-corrected chi connectivity index (χ1v) is 4.18. The highest BCUT2D eigenvalue weighted by Crippen LogP contribution is 2.16. The summed E-state index contributed by atoms with van der Waals surface area (Å²) in [6.07, 6.45) is 0. The second-order valence-electron chi connectivity index (χ2n) is 3.25. The molecule has 0 saturated carbocycles. The van der Waals surface area contributed by atoms with Gasteiger partial charge in [0.15, 0.2) is 0 Å². The molecule has 14 heavy (non-hydrogen) atoms. The maximum absolute atomic E-state index is 11.0.